The second kappa shape index (κ2) is 5.58. The molecule has 0 saturated carbocycles. The monoisotopic (exact) mass is 466 g/mol. The van der Waals surface area contributed by atoms with Crippen LogP contribution in [0.4, 0.5) is 0 Å². The minimum atomic E-state index is -0.261. The van der Waals surface area contributed by atoms with Gasteiger partial charge in [0.2, 0.25) is 0 Å². The van der Waals surface area contributed by atoms with E-state index < -0.39 is 0 Å². The smallest absolute Gasteiger partial charge is 0.111 e. The van der Waals surface area contributed by atoms with Crippen LogP contribution in [-0.2, 0) is 5.41 Å². The molecule has 0 aromatic heterocycles. The topological polar surface area (TPSA) is 20.2 Å². The molecular weight excluding hydrogens is 452 g/mol. The predicted molar refractivity (Wildman–Crippen MR) is 116 cm³/mol. The molecule has 26 heavy (non-hydrogen) atoms. The second-order valence-electron chi connectivity index (χ2n) is 7.15. The molecule has 0 atom stereocenters. The first-order chi connectivity index (χ1) is 12.5. The molecule has 0 unspecified atom stereocenters. The Bertz CT molecular complexity index is 1130. The van der Waals surface area contributed by atoms with Crippen LogP contribution < -0.4 is 0 Å². The Morgan fingerprint density at radius 3 is 2.00 bits per heavy atom. The molecule has 2 aliphatic rings. The van der Waals surface area contributed by atoms with Gasteiger partial charge < -0.3 is 5.11 Å². The van der Waals surface area contributed by atoms with Gasteiger partial charge in [0, 0.05) is 14.4 Å². The Morgan fingerprint density at radius 1 is 0.846 bits per heavy atom. The lowest BCUT2D eigenvalue weighted by Crippen LogP contribution is -2.23. The molecule has 0 heterocycles. The SMILES string of the molecule is CC1(C2=CCC=C(O)C=C2)c2cc(Br)cc3ccc4cc(Br)cc1c4c23. The summed E-state index contributed by atoms with van der Waals surface area (Å²) >= 11 is 7.41. The van der Waals surface area contributed by atoms with Crippen LogP contribution >= 0.6 is 31.9 Å². The number of benzene rings is 3. The van der Waals surface area contributed by atoms with Gasteiger partial charge in [-0.3, -0.25) is 0 Å². The Kier molecular flexibility index (Phi) is 3.51. The molecule has 0 fully saturated rings. The van der Waals surface area contributed by atoms with Crippen molar-refractivity contribution in [3.8, 4) is 0 Å². The first-order valence-corrected chi connectivity index (χ1v) is 10.2. The van der Waals surface area contributed by atoms with E-state index in [1.807, 2.05) is 6.08 Å². The van der Waals surface area contributed by atoms with Gasteiger partial charge in [0.1, 0.15) is 5.76 Å². The zero-order valence-electron chi connectivity index (χ0n) is 14.2. The third-order valence-electron chi connectivity index (χ3n) is 5.71. The number of halogens is 2. The average molecular weight is 468 g/mol. The van der Waals surface area contributed by atoms with E-state index in [-0.39, 0.29) is 5.41 Å². The Labute approximate surface area is 169 Å². The van der Waals surface area contributed by atoms with Crippen LogP contribution in [0.2, 0.25) is 0 Å². The number of hydrogen-bond donors (Lipinski definition) is 1. The van der Waals surface area contributed by atoms with Crippen molar-refractivity contribution >= 4 is 53.4 Å². The van der Waals surface area contributed by atoms with Crippen molar-refractivity contribution in [1.29, 1.82) is 0 Å². The summed E-state index contributed by atoms with van der Waals surface area (Å²) in [6.45, 7) is 2.30. The molecule has 3 heteroatoms. The van der Waals surface area contributed by atoms with Crippen LogP contribution in [0.1, 0.15) is 24.5 Å². The molecule has 1 N–H and O–H groups in total. The lowest BCUT2D eigenvalue weighted by molar-refractivity contribution is 0.430. The maximum Gasteiger partial charge on any atom is 0.111 e. The number of hydrogen-bond acceptors (Lipinski definition) is 1. The maximum atomic E-state index is 9.93. The summed E-state index contributed by atoms with van der Waals surface area (Å²) in [4.78, 5) is 0. The molecule has 128 valence electrons. The summed E-state index contributed by atoms with van der Waals surface area (Å²) in [5.74, 6) is 0.328. The zero-order valence-corrected chi connectivity index (χ0v) is 17.4. The standard InChI is InChI=1S/C23H16Br2O/c1-23(15-3-2-4-18(26)8-7-15)19-11-16(24)9-13-5-6-14-10-17(25)12-20(23)22(14)21(13)19/h3-12,26H,2H2,1H3. The van der Waals surface area contributed by atoms with Crippen molar-refractivity contribution in [2.45, 2.75) is 18.8 Å². The van der Waals surface area contributed by atoms with Crippen molar-refractivity contribution in [2.75, 3.05) is 0 Å². The quantitative estimate of drug-likeness (QED) is 0.368. The van der Waals surface area contributed by atoms with E-state index in [1.165, 1.54) is 38.2 Å². The van der Waals surface area contributed by atoms with E-state index >= 15 is 0 Å². The van der Waals surface area contributed by atoms with Gasteiger partial charge in [-0.15, -0.1) is 0 Å². The molecule has 3 aromatic carbocycles. The Morgan fingerprint density at radius 2 is 1.42 bits per heavy atom. The Balaban J connectivity index is 1.93. The minimum Gasteiger partial charge on any atom is -0.508 e. The van der Waals surface area contributed by atoms with Crippen LogP contribution in [0.25, 0.3) is 21.5 Å². The summed E-state index contributed by atoms with van der Waals surface area (Å²) in [6, 6.07) is 13.3. The number of allylic oxidation sites excluding steroid dienone is 5. The molecule has 5 rings (SSSR count). The Hall–Kier alpha value is -1.84. The van der Waals surface area contributed by atoms with Crippen LogP contribution in [0.5, 0.6) is 0 Å². The molecule has 0 radical (unpaired) electrons. The van der Waals surface area contributed by atoms with Gasteiger partial charge in [0.25, 0.3) is 0 Å². The largest absolute Gasteiger partial charge is 0.508 e. The number of aliphatic hydroxyl groups excluding tert-OH is 1. The van der Waals surface area contributed by atoms with Gasteiger partial charge in [-0.1, -0.05) is 56.1 Å². The molecule has 2 aliphatic carbocycles. The summed E-state index contributed by atoms with van der Waals surface area (Å²) in [5, 5.41) is 15.1. The highest BCUT2D eigenvalue weighted by molar-refractivity contribution is 9.10. The van der Waals surface area contributed by atoms with Crippen LogP contribution in [0, 0.1) is 0 Å². The fourth-order valence-electron chi connectivity index (χ4n) is 4.49. The van der Waals surface area contributed by atoms with Crippen LogP contribution in [-0.4, -0.2) is 5.11 Å². The normalized spacial score (nSPS) is 17.7. The minimum absolute atomic E-state index is 0.261. The van der Waals surface area contributed by atoms with Gasteiger partial charge in [-0.05, 0) is 88.0 Å². The van der Waals surface area contributed by atoms with Crippen molar-refractivity contribution < 1.29 is 5.11 Å². The van der Waals surface area contributed by atoms with Gasteiger partial charge in [-0.2, -0.15) is 0 Å². The first-order valence-electron chi connectivity index (χ1n) is 8.63. The van der Waals surface area contributed by atoms with E-state index in [2.05, 4.69) is 87.3 Å². The highest BCUT2D eigenvalue weighted by Crippen LogP contribution is 2.54. The third kappa shape index (κ3) is 2.14. The third-order valence-corrected chi connectivity index (χ3v) is 6.63. The van der Waals surface area contributed by atoms with Crippen molar-refractivity contribution in [2.24, 2.45) is 0 Å². The number of aliphatic hydroxyl groups is 1. The summed E-state index contributed by atoms with van der Waals surface area (Å²) in [6.07, 6.45) is 8.67. The summed E-state index contributed by atoms with van der Waals surface area (Å²) < 4.78 is 2.19. The predicted octanol–water partition coefficient (Wildman–Crippen LogP) is 7.47. The second-order valence-corrected chi connectivity index (χ2v) is 8.98. The van der Waals surface area contributed by atoms with E-state index in [1.54, 1.807) is 6.08 Å². The van der Waals surface area contributed by atoms with E-state index in [4.69, 9.17) is 0 Å². The van der Waals surface area contributed by atoms with Crippen molar-refractivity contribution in [3.63, 3.8) is 0 Å². The fraction of sp³-hybridized carbons (Fsp3) is 0.130. The molecule has 0 spiro atoms. The molecule has 0 amide bonds. The van der Waals surface area contributed by atoms with Gasteiger partial charge in [0.05, 0.1) is 0 Å². The molecule has 0 aliphatic heterocycles. The van der Waals surface area contributed by atoms with Crippen LogP contribution in [0.3, 0.4) is 0 Å². The average Bonchev–Trinajstić information content (AvgIpc) is 2.75. The summed E-state index contributed by atoms with van der Waals surface area (Å²) in [7, 11) is 0. The highest BCUT2D eigenvalue weighted by atomic mass is 79.9. The number of rotatable bonds is 1. The first kappa shape index (κ1) is 16.3. The molecule has 1 nitrogen and oxygen atoms in total. The molecule has 3 aromatic rings. The molecular formula is C23H16Br2O. The zero-order chi connectivity index (χ0) is 18.1. The maximum absolute atomic E-state index is 9.93. The van der Waals surface area contributed by atoms with Gasteiger partial charge in [-0.25, -0.2) is 0 Å². The van der Waals surface area contributed by atoms with E-state index in [9.17, 15) is 5.11 Å². The van der Waals surface area contributed by atoms with Gasteiger partial charge in [0.15, 0.2) is 0 Å². The lowest BCUT2D eigenvalue weighted by Gasteiger charge is -2.30. The van der Waals surface area contributed by atoms with E-state index in [0.717, 1.165) is 15.4 Å². The van der Waals surface area contributed by atoms with Crippen molar-refractivity contribution in [1.82, 2.24) is 0 Å². The molecule has 0 saturated heterocycles. The van der Waals surface area contributed by atoms with E-state index in [0.29, 0.717) is 5.76 Å². The molecule has 0 bridgehead atoms. The van der Waals surface area contributed by atoms with Crippen molar-refractivity contribution in [3.05, 3.63) is 92.1 Å². The summed E-state index contributed by atoms with van der Waals surface area (Å²) in [5.41, 5.74) is 3.59. The lowest BCUT2D eigenvalue weighted by atomic mass is 9.73. The van der Waals surface area contributed by atoms with Gasteiger partial charge >= 0.3 is 0 Å². The fourth-order valence-corrected chi connectivity index (χ4v) is 5.44. The van der Waals surface area contributed by atoms with Crippen LogP contribution in [0.15, 0.2) is 81.0 Å². The highest BCUT2D eigenvalue weighted by Gasteiger charge is 2.40.